The van der Waals surface area contributed by atoms with Gasteiger partial charge >= 0.3 is 0 Å². The highest BCUT2D eigenvalue weighted by molar-refractivity contribution is 7.89. The maximum atomic E-state index is 13.2. The molecule has 1 amide bonds. The van der Waals surface area contributed by atoms with Crippen molar-refractivity contribution < 1.29 is 22.7 Å². The first-order valence-corrected chi connectivity index (χ1v) is 12.0. The second-order valence-electron chi connectivity index (χ2n) is 7.00. The van der Waals surface area contributed by atoms with Crippen LogP contribution in [0.25, 0.3) is 0 Å². The molecule has 0 aliphatic rings. The fourth-order valence-corrected chi connectivity index (χ4v) is 5.01. The molecule has 0 heterocycles. The number of carbonyl (C=O) groups is 1. The van der Waals surface area contributed by atoms with E-state index in [1.54, 1.807) is 24.3 Å². The Labute approximate surface area is 202 Å². The molecule has 0 radical (unpaired) electrons. The van der Waals surface area contributed by atoms with Gasteiger partial charge in [0.2, 0.25) is 15.9 Å². The van der Waals surface area contributed by atoms with E-state index in [9.17, 15) is 13.2 Å². The van der Waals surface area contributed by atoms with Crippen LogP contribution in [0.4, 0.5) is 5.69 Å². The molecule has 1 atom stereocenters. The third-order valence-corrected chi connectivity index (χ3v) is 6.75. The summed E-state index contributed by atoms with van der Waals surface area (Å²) in [6, 6.07) is 16.9. The number of anilines is 1. The number of amides is 1. The smallest absolute Gasteiger partial charge is 0.245 e. The number of sulfonamides is 1. The quantitative estimate of drug-likeness (QED) is 0.442. The van der Waals surface area contributed by atoms with E-state index in [1.165, 1.54) is 38.5 Å². The van der Waals surface area contributed by atoms with Crippen LogP contribution in [0.1, 0.15) is 5.56 Å². The van der Waals surface area contributed by atoms with E-state index >= 15 is 0 Å². The highest BCUT2D eigenvalue weighted by atomic mass is 35.5. The SMILES string of the molecule is COc1ccc(NC(=O)[C@H](Cc2ccccc2)NS(=O)(=O)c2cc(Cl)ccc2OC)cc1Cl. The van der Waals surface area contributed by atoms with Gasteiger partial charge in [-0.2, -0.15) is 4.72 Å². The molecule has 3 rings (SSSR count). The van der Waals surface area contributed by atoms with Crippen LogP contribution >= 0.6 is 23.2 Å². The largest absolute Gasteiger partial charge is 0.495 e. The molecule has 3 aromatic rings. The Morgan fingerprint density at radius 2 is 1.61 bits per heavy atom. The van der Waals surface area contributed by atoms with Crippen LogP contribution in [0.15, 0.2) is 71.6 Å². The van der Waals surface area contributed by atoms with Crippen LogP contribution in [-0.4, -0.2) is 34.6 Å². The molecule has 3 aromatic carbocycles. The lowest BCUT2D eigenvalue weighted by molar-refractivity contribution is -0.117. The van der Waals surface area contributed by atoms with Crippen molar-refractivity contribution in [2.45, 2.75) is 17.4 Å². The van der Waals surface area contributed by atoms with E-state index in [4.69, 9.17) is 32.7 Å². The maximum absolute atomic E-state index is 13.2. The van der Waals surface area contributed by atoms with Gasteiger partial charge in [0.05, 0.1) is 19.2 Å². The van der Waals surface area contributed by atoms with Crippen molar-refractivity contribution in [1.29, 1.82) is 0 Å². The number of hydrogen-bond acceptors (Lipinski definition) is 5. The molecule has 174 valence electrons. The number of halogens is 2. The number of methoxy groups -OCH3 is 2. The lowest BCUT2D eigenvalue weighted by Crippen LogP contribution is -2.45. The number of hydrogen-bond donors (Lipinski definition) is 2. The molecule has 0 spiro atoms. The zero-order valence-electron chi connectivity index (χ0n) is 17.8. The van der Waals surface area contributed by atoms with Crippen LogP contribution in [0.5, 0.6) is 11.5 Å². The normalized spacial score (nSPS) is 12.1. The Balaban J connectivity index is 1.92. The van der Waals surface area contributed by atoms with Gasteiger partial charge in [-0.1, -0.05) is 53.5 Å². The first kappa shape index (κ1) is 24.9. The van der Waals surface area contributed by atoms with Gasteiger partial charge in [-0.3, -0.25) is 4.79 Å². The van der Waals surface area contributed by atoms with Crippen molar-refractivity contribution in [3.63, 3.8) is 0 Å². The maximum Gasteiger partial charge on any atom is 0.245 e. The molecule has 0 bridgehead atoms. The van der Waals surface area contributed by atoms with E-state index in [1.807, 2.05) is 18.2 Å². The van der Waals surface area contributed by atoms with Crippen molar-refractivity contribution in [2.75, 3.05) is 19.5 Å². The second kappa shape index (κ2) is 10.9. The van der Waals surface area contributed by atoms with Gasteiger partial charge in [-0.05, 0) is 48.4 Å². The van der Waals surface area contributed by atoms with Crippen LogP contribution in [0, 0.1) is 0 Å². The molecule has 7 nitrogen and oxygen atoms in total. The number of rotatable bonds is 9. The van der Waals surface area contributed by atoms with Gasteiger partial charge in [0.25, 0.3) is 0 Å². The lowest BCUT2D eigenvalue weighted by Gasteiger charge is -2.20. The molecular weight excluding hydrogens is 487 g/mol. The van der Waals surface area contributed by atoms with E-state index < -0.39 is 22.0 Å². The molecule has 10 heteroatoms. The van der Waals surface area contributed by atoms with Gasteiger partial charge in [-0.25, -0.2) is 8.42 Å². The fraction of sp³-hybridized carbons (Fsp3) is 0.174. The summed E-state index contributed by atoms with van der Waals surface area (Å²) in [5.41, 5.74) is 1.16. The van der Waals surface area contributed by atoms with E-state index in [-0.39, 0.29) is 22.1 Å². The predicted octanol–water partition coefficient (Wildman–Crippen LogP) is 4.54. The number of ether oxygens (including phenoxy) is 2. The second-order valence-corrected chi connectivity index (χ2v) is 9.52. The minimum atomic E-state index is -4.17. The zero-order chi connectivity index (χ0) is 24.0. The molecule has 0 saturated carbocycles. The Morgan fingerprint density at radius 3 is 2.24 bits per heavy atom. The van der Waals surface area contributed by atoms with E-state index in [0.717, 1.165) is 5.56 Å². The summed E-state index contributed by atoms with van der Waals surface area (Å²) in [4.78, 5) is 13.0. The fourth-order valence-electron chi connectivity index (χ4n) is 3.12. The summed E-state index contributed by atoms with van der Waals surface area (Å²) in [5, 5.41) is 3.23. The van der Waals surface area contributed by atoms with Gasteiger partial charge in [-0.15, -0.1) is 0 Å². The topological polar surface area (TPSA) is 93.7 Å². The minimum Gasteiger partial charge on any atom is -0.495 e. The highest BCUT2D eigenvalue weighted by Gasteiger charge is 2.28. The van der Waals surface area contributed by atoms with E-state index in [2.05, 4.69) is 10.0 Å². The zero-order valence-corrected chi connectivity index (χ0v) is 20.2. The third kappa shape index (κ3) is 6.39. The lowest BCUT2D eigenvalue weighted by atomic mass is 10.1. The molecule has 0 aromatic heterocycles. The highest BCUT2D eigenvalue weighted by Crippen LogP contribution is 2.29. The van der Waals surface area contributed by atoms with Crippen LogP contribution in [0.2, 0.25) is 10.0 Å². The minimum absolute atomic E-state index is 0.104. The molecule has 0 unspecified atom stereocenters. The van der Waals surface area contributed by atoms with Crippen molar-refractivity contribution in [1.82, 2.24) is 4.72 Å². The van der Waals surface area contributed by atoms with Crippen LogP contribution in [0.3, 0.4) is 0 Å². The third-order valence-electron chi connectivity index (χ3n) is 4.73. The Morgan fingerprint density at radius 1 is 0.939 bits per heavy atom. The summed E-state index contributed by atoms with van der Waals surface area (Å²) >= 11 is 12.1. The van der Waals surface area contributed by atoms with Gasteiger partial charge in [0.1, 0.15) is 22.4 Å². The first-order valence-electron chi connectivity index (χ1n) is 9.77. The van der Waals surface area contributed by atoms with Crippen molar-refractivity contribution in [3.05, 3.63) is 82.3 Å². The van der Waals surface area contributed by atoms with Crippen LogP contribution < -0.4 is 19.5 Å². The number of benzene rings is 3. The molecule has 33 heavy (non-hydrogen) atoms. The van der Waals surface area contributed by atoms with Gasteiger partial charge in [0, 0.05) is 10.7 Å². The Hall–Kier alpha value is -2.78. The summed E-state index contributed by atoms with van der Waals surface area (Å²) in [6.07, 6.45) is 0.110. The number of nitrogens with one attached hydrogen (secondary N) is 2. The number of carbonyl (C=O) groups excluding carboxylic acids is 1. The summed E-state index contributed by atoms with van der Waals surface area (Å²) in [5.74, 6) is -0.0124. The summed E-state index contributed by atoms with van der Waals surface area (Å²) in [7, 11) is -1.34. The molecule has 0 saturated heterocycles. The average Bonchev–Trinajstić information content (AvgIpc) is 2.79. The molecule has 0 aliphatic carbocycles. The average molecular weight is 509 g/mol. The predicted molar refractivity (Wildman–Crippen MR) is 129 cm³/mol. The van der Waals surface area contributed by atoms with Crippen LogP contribution in [-0.2, 0) is 21.2 Å². The van der Waals surface area contributed by atoms with E-state index in [0.29, 0.717) is 16.5 Å². The first-order chi connectivity index (χ1) is 15.7. The molecular formula is C23H22Cl2N2O5S. The van der Waals surface area contributed by atoms with Crippen molar-refractivity contribution >= 4 is 44.8 Å². The van der Waals surface area contributed by atoms with Crippen molar-refractivity contribution in [3.8, 4) is 11.5 Å². The summed E-state index contributed by atoms with van der Waals surface area (Å²) in [6.45, 7) is 0. The van der Waals surface area contributed by atoms with Gasteiger partial charge < -0.3 is 14.8 Å². The standard InChI is InChI=1S/C23H22Cl2N2O5S/c1-31-20-11-9-17(14-18(20)25)26-23(28)19(12-15-6-4-3-5-7-15)27-33(29,30)22-13-16(24)8-10-21(22)32-2/h3-11,13-14,19,27H,12H2,1-2H3,(H,26,28)/t19-/m0/s1. The monoisotopic (exact) mass is 508 g/mol. The molecule has 2 N–H and O–H groups in total. The molecule has 0 aliphatic heterocycles. The Kier molecular flexibility index (Phi) is 8.20. The van der Waals surface area contributed by atoms with Crippen molar-refractivity contribution in [2.24, 2.45) is 0 Å². The van der Waals surface area contributed by atoms with Gasteiger partial charge in [0.15, 0.2) is 0 Å². The summed E-state index contributed by atoms with van der Waals surface area (Å²) < 4.78 is 39.2. The molecule has 0 fully saturated rings. The Bertz CT molecular complexity index is 1240.